The lowest BCUT2D eigenvalue weighted by Gasteiger charge is -2.18. The smallest absolute Gasteiger partial charge is 0.295 e. The summed E-state index contributed by atoms with van der Waals surface area (Å²) in [6.45, 7) is 6.01. The molecule has 37 heavy (non-hydrogen) atoms. The van der Waals surface area contributed by atoms with Crippen LogP contribution < -0.4 is 16.0 Å². The van der Waals surface area contributed by atoms with Gasteiger partial charge in [-0.2, -0.15) is 0 Å². The van der Waals surface area contributed by atoms with Crippen LogP contribution in [0.2, 0.25) is 0 Å². The highest BCUT2D eigenvalue weighted by atomic mass is 32.2. The molecule has 0 saturated heterocycles. The number of nitrogens with two attached hydrogens (primary N) is 1. The Morgan fingerprint density at radius 1 is 1.14 bits per heavy atom. The van der Waals surface area contributed by atoms with E-state index < -0.39 is 10.0 Å². The summed E-state index contributed by atoms with van der Waals surface area (Å²) in [6, 6.07) is 2.74. The number of nitrogens with one attached hydrogen (secondary N) is 1. The topological polar surface area (TPSA) is 172 Å². The zero-order valence-electron chi connectivity index (χ0n) is 20.7. The number of pyridine rings is 1. The van der Waals surface area contributed by atoms with Crippen molar-refractivity contribution in [3.05, 3.63) is 58.3 Å². The van der Waals surface area contributed by atoms with Gasteiger partial charge in [-0.15, -0.1) is 0 Å². The van der Waals surface area contributed by atoms with Gasteiger partial charge in [0.2, 0.25) is 10.0 Å². The summed E-state index contributed by atoms with van der Waals surface area (Å²) in [5.74, 6) is 0.982. The highest BCUT2D eigenvalue weighted by molar-refractivity contribution is 7.89. The summed E-state index contributed by atoms with van der Waals surface area (Å²) < 4.78 is 24.5. The van der Waals surface area contributed by atoms with Crippen LogP contribution in [0.3, 0.4) is 0 Å². The number of hydrogen-bond acceptors (Lipinski definition) is 10. The zero-order valence-corrected chi connectivity index (χ0v) is 21.5. The summed E-state index contributed by atoms with van der Waals surface area (Å²) in [6.07, 6.45) is 7.21. The average Bonchev–Trinajstić information content (AvgIpc) is 3.72. The molecule has 1 aliphatic rings. The highest BCUT2D eigenvalue weighted by Gasteiger charge is 2.30. The molecule has 1 fully saturated rings. The van der Waals surface area contributed by atoms with Crippen LogP contribution in [-0.2, 0) is 16.6 Å². The van der Waals surface area contributed by atoms with E-state index in [9.17, 15) is 13.2 Å². The van der Waals surface area contributed by atoms with E-state index in [0.717, 1.165) is 29.8 Å². The van der Waals surface area contributed by atoms with Gasteiger partial charge in [-0.1, -0.05) is 6.92 Å². The van der Waals surface area contributed by atoms with Crippen molar-refractivity contribution < 1.29 is 8.42 Å². The molecule has 0 amide bonds. The lowest BCUT2D eigenvalue weighted by atomic mass is 10.1. The minimum atomic E-state index is -3.84. The first-order valence-electron chi connectivity index (χ1n) is 12.0. The van der Waals surface area contributed by atoms with Gasteiger partial charge in [0.25, 0.3) is 5.56 Å². The average molecular weight is 522 g/mol. The quantitative estimate of drug-likeness (QED) is 0.351. The first-order chi connectivity index (χ1) is 17.7. The molecule has 4 aromatic rings. The van der Waals surface area contributed by atoms with Gasteiger partial charge in [0.05, 0.1) is 35.4 Å². The molecule has 13 heteroatoms. The second-order valence-corrected chi connectivity index (χ2v) is 10.7. The van der Waals surface area contributed by atoms with Crippen LogP contribution in [0.1, 0.15) is 62.2 Å². The molecular formula is C24H27N9O3S. The van der Waals surface area contributed by atoms with Crippen LogP contribution in [0.5, 0.6) is 0 Å². The van der Waals surface area contributed by atoms with Crippen molar-refractivity contribution >= 4 is 27.0 Å². The Balaban J connectivity index is 1.55. The van der Waals surface area contributed by atoms with Crippen molar-refractivity contribution in [2.45, 2.75) is 63.4 Å². The molecule has 5 rings (SSSR count). The first kappa shape index (κ1) is 24.8. The molecule has 0 radical (unpaired) electrons. The van der Waals surface area contributed by atoms with E-state index in [0.29, 0.717) is 35.0 Å². The molecule has 3 N–H and O–H groups in total. The number of primary sulfonamides is 1. The Morgan fingerprint density at radius 3 is 2.57 bits per heavy atom. The molecule has 4 heterocycles. The van der Waals surface area contributed by atoms with E-state index in [2.05, 4.69) is 30.2 Å². The second kappa shape index (κ2) is 9.56. The minimum absolute atomic E-state index is 0.0870. The van der Waals surface area contributed by atoms with E-state index >= 15 is 0 Å². The Kier molecular flexibility index (Phi) is 6.42. The zero-order chi connectivity index (χ0) is 26.3. The Hall–Kier alpha value is -3.84. The van der Waals surface area contributed by atoms with Crippen LogP contribution in [0.15, 0.2) is 40.5 Å². The summed E-state index contributed by atoms with van der Waals surface area (Å²) >= 11 is 0. The van der Waals surface area contributed by atoms with E-state index in [1.54, 1.807) is 17.1 Å². The van der Waals surface area contributed by atoms with Crippen LogP contribution in [0.25, 0.3) is 22.6 Å². The molecular weight excluding hydrogens is 494 g/mol. The van der Waals surface area contributed by atoms with Gasteiger partial charge in [-0.05, 0) is 45.2 Å². The Bertz CT molecular complexity index is 1650. The van der Waals surface area contributed by atoms with E-state index in [1.807, 2.05) is 20.8 Å². The van der Waals surface area contributed by atoms with Crippen molar-refractivity contribution in [3.63, 3.8) is 0 Å². The number of anilines is 1. The fraction of sp³-hybridized carbons (Fsp3) is 0.375. The maximum atomic E-state index is 13.5. The Morgan fingerprint density at radius 2 is 1.92 bits per heavy atom. The van der Waals surface area contributed by atoms with Gasteiger partial charge in [-0.3, -0.25) is 14.3 Å². The number of sulfonamides is 1. The second-order valence-electron chi connectivity index (χ2n) is 9.17. The largest absolute Gasteiger partial charge is 0.360 e. The third-order valence-corrected chi connectivity index (χ3v) is 7.38. The fourth-order valence-electron chi connectivity index (χ4n) is 4.12. The van der Waals surface area contributed by atoms with Gasteiger partial charge in [0, 0.05) is 18.2 Å². The van der Waals surface area contributed by atoms with Crippen LogP contribution in [-0.4, -0.2) is 42.9 Å². The van der Waals surface area contributed by atoms with E-state index in [1.165, 1.54) is 18.3 Å². The number of nitrogens with zero attached hydrogens (tertiary/aromatic N) is 7. The molecule has 0 aromatic carbocycles. The van der Waals surface area contributed by atoms with E-state index in [-0.39, 0.29) is 28.9 Å². The predicted octanol–water partition coefficient (Wildman–Crippen LogP) is 2.45. The monoisotopic (exact) mass is 521 g/mol. The summed E-state index contributed by atoms with van der Waals surface area (Å²) in [5.41, 5.74) is 3.64. The van der Waals surface area contributed by atoms with Gasteiger partial charge in [0.1, 0.15) is 16.7 Å². The lowest BCUT2D eigenvalue weighted by molar-refractivity contribution is 0.526. The van der Waals surface area contributed by atoms with Crippen molar-refractivity contribution in [1.82, 2.24) is 34.5 Å². The van der Waals surface area contributed by atoms with Crippen molar-refractivity contribution in [1.29, 1.82) is 0 Å². The van der Waals surface area contributed by atoms with Gasteiger partial charge in [0.15, 0.2) is 17.3 Å². The lowest BCUT2D eigenvalue weighted by Crippen LogP contribution is -2.28. The number of hydrogen-bond donors (Lipinski definition) is 2. The van der Waals surface area contributed by atoms with Gasteiger partial charge in [-0.25, -0.2) is 38.5 Å². The van der Waals surface area contributed by atoms with Crippen molar-refractivity contribution in [2.24, 2.45) is 5.14 Å². The maximum absolute atomic E-state index is 13.5. The molecule has 0 spiro atoms. The van der Waals surface area contributed by atoms with Crippen LogP contribution >= 0.6 is 0 Å². The molecule has 0 unspecified atom stereocenters. The summed E-state index contributed by atoms with van der Waals surface area (Å²) in [7, 11) is -3.84. The third-order valence-electron chi connectivity index (χ3n) is 6.48. The normalized spacial score (nSPS) is 14.6. The summed E-state index contributed by atoms with van der Waals surface area (Å²) in [5, 5.41) is 8.15. The van der Waals surface area contributed by atoms with Crippen molar-refractivity contribution in [3.8, 4) is 11.4 Å². The number of aryl methyl sites for hydroxylation is 1. The summed E-state index contributed by atoms with van der Waals surface area (Å²) in [4.78, 5) is 40.3. The number of aromatic nitrogens is 7. The third kappa shape index (κ3) is 4.91. The first-order valence-corrected chi connectivity index (χ1v) is 13.5. The Labute approximate surface area is 213 Å². The molecule has 0 aliphatic heterocycles. The molecule has 1 saturated carbocycles. The highest BCUT2D eigenvalue weighted by Crippen LogP contribution is 2.43. The predicted molar refractivity (Wildman–Crippen MR) is 137 cm³/mol. The number of fused-ring (bicyclic) bond motifs is 1. The minimum Gasteiger partial charge on any atom is -0.360 e. The molecule has 1 aliphatic carbocycles. The standard InChI is InChI=1S/C24H27N9O3S/c1-4-13(2)33-23-18(11-28-21(32-23)19-14(3)29-12-30-20(19)15-5-6-15)31-22(24(33)34)27-9-16-7-8-17(10-26-16)37(25,35)36/h7-8,10-13,15H,4-6,9H2,1-3H3,(H,27,31)(H2,25,35,36)/t13-/m1/s1. The number of rotatable bonds is 8. The molecule has 4 aromatic heterocycles. The fourth-order valence-corrected chi connectivity index (χ4v) is 4.58. The maximum Gasteiger partial charge on any atom is 0.295 e. The van der Waals surface area contributed by atoms with Crippen LogP contribution in [0, 0.1) is 6.92 Å². The molecule has 0 bridgehead atoms. The molecule has 1 atom stereocenters. The van der Waals surface area contributed by atoms with Gasteiger partial charge >= 0.3 is 0 Å². The molecule has 12 nitrogen and oxygen atoms in total. The van der Waals surface area contributed by atoms with E-state index in [4.69, 9.17) is 10.1 Å². The van der Waals surface area contributed by atoms with Crippen LogP contribution in [0.4, 0.5) is 5.82 Å². The molecule has 192 valence electrons. The SMILES string of the molecule is CC[C@@H](C)n1c(=O)c(NCc2ccc(S(N)(=O)=O)cn2)nc2cnc(-c3c(C)ncnc3C3CC3)nc21. The van der Waals surface area contributed by atoms with Crippen molar-refractivity contribution in [2.75, 3.05) is 5.32 Å². The van der Waals surface area contributed by atoms with Gasteiger partial charge < -0.3 is 5.32 Å².